The maximum absolute atomic E-state index is 13.0. The van der Waals surface area contributed by atoms with Gasteiger partial charge in [-0.2, -0.15) is 0 Å². The summed E-state index contributed by atoms with van der Waals surface area (Å²) in [5.74, 6) is -0.107. The lowest BCUT2D eigenvalue weighted by atomic mass is 9.70. The number of nitrogens with one attached hydrogen (secondary N) is 2. The first-order chi connectivity index (χ1) is 15.5. The molecule has 1 fully saturated rings. The monoisotopic (exact) mass is 489 g/mol. The minimum absolute atomic E-state index is 0.0962. The van der Waals surface area contributed by atoms with Gasteiger partial charge in [-0.25, -0.2) is 0 Å². The molecule has 1 spiro atoms. The first-order valence-corrected chi connectivity index (χ1v) is 11.8. The van der Waals surface area contributed by atoms with E-state index in [0.29, 0.717) is 16.9 Å². The van der Waals surface area contributed by atoms with Gasteiger partial charge in [0.15, 0.2) is 0 Å². The third-order valence-electron chi connectivity index (χ3n) is 6.63. The number of rotatable bonds is 3. The van der Waals surface area contributed by atoms with Crippen LogP contribution < -0.4 is 10.6 Å². The second-order valence-electron chi connectivity index (χ2n) is 8.65. The summed E-state index contributed by atoms with van der Waals surface area (Å²) in [6.07, 6.45) is 5.01. The van der Waals surface area contributed by atoms with Crippen molar-refractivity contribution < 1.29 is 9.59 Å². The number of carbonyl (C=O) groups is 2. The van der Waals surface area contributed by atoms with Crippen LogP contribution in [0.3, 0.4) is 0 Å². The van der Waals surface area contributed by atoms with Crippen LogP contribution in [-0.2, 0) is 10.2 Å². The summed E-state index contributed by atoms with van der Waals surface area (Å²) < 4.78 is 0.983. The molecule has 2 aliphatic rings. The van der Waals surface area contributed by atoms with E-state index in [2.05, 4.69) is 31.5 Å². The highest BCUT2D eigenvalue weighted by atomic mass is 79.9. The largest absolute Gasteiger partial charge is 0.325 e. The van der Waals surface area contributed by atoms with E-state index in [1.807, 2.05) is 61.5 Å². The maximum atomic E-state index is 13.0. The predicted octanol–water partition coefficient (Wildman–Crippen LogP) is 6.23. The average Bonchev–Trinajstić information content (AvgIpc) is 3.05. The number of aromatic nitrogens is 1. The lowest BCUT2D eigenvalue weighted by Gasteiger charge is -2.31. The normalized spacial score (nSPS) is 16.5. The Hall–Kier alpha value is -2.99. The van der Waals surface area contributed by atoms with Gasteiger partial charge < -0.3 is 10.6 Å². The van der Waals surface area contributed by atoms with Gasteiger partial charge in [0.2, 0.25) is 5.91 Å². The zero-order valence-corrected chi connectivity index (χ0v) is 19.5. The molecule has 32 heavy (non-hydrogen) atoms. The summed E-state index contributed by atoms with van der Waals surface area (Å²) in [5, 5.41) is 6.05. The van der Waals surface area contributed by atoms with Crippen molar-refractivity contribution in [2.75, 3.05) is 10.6 Å². The van der Waals surface area contributed by atoms with Crippen molar-refractivity contribution >= 4 is 39.1 Å². The van der Waals surface area contributed by atoms with Gasteiger partial charge in [0.1, 0.15) is 0 Å². The van der Waals surface area contributed by atoms with Gasteiger partial charge in [0.05, 0.1) is 22.4 Å². The van der Waals surface area contributed by atoms with Crippen molar-refractivity contribution in [3.63, 3.8) is 0 Å². The first kappa shape index (κ1) is 20.9. The zero-order valence-electron chi connectivity index (χ0n) is 17.9. The van der Waals surface area contributed by atoms with Crippen LogP contribution in [0, 0.1) is 6.92 Å². The molecule has 0 saturated heterocycles. The molecular weight excluding hydrogens is 466 g/mol. The molecule has 0 unspecified atom stereocenters. The lowest BCUT2D eigenvalue weighted by Crippen LogP contribution is -2.36. The molecule has 1 aromatic heterocycles. The minimum Gasteiger partial charge on any atom is -0.325 e. The number of anilines is 2. The standard InChI is InChI=1S/C26H24BrN3O2/c1-16-20(9-11-22(28-16)17-6-5-7-18(27)14-17)24(31)29-19-8-10-23-21(15-19)26(25(32)30-23)12-3-2-4-13-26/h5-11,14-15H,2-4,12-13H2,1H3,(H,29,31)(H,30,32). The minimum atomic E-state index is -0.447. The maximum Gasteiger partial charge on any atom is 0.257 e. The molecule has 1 saturated carbocycles. The molecule has 1 aliphatic carbocycles. The number of pyridine rings is 1. The van der Waals surface area contributed by atoms with E-state index in [-0.39, 0.29) is 11.8 Å². The summed E-state index contributed by atoms with van der Waals surface area (Å²) in [5.41, 5.74) is 5.14. The van der Waals surface area contributed by atoms with Gasteiger partial charge in [0, 0.05) is 21.4 Å². The summed E-state index contributed by atoms with van der Waals surface area (Å²) >= 11 is 3.49. The number of nitrogens with zero attached hydrogens (tertiary/aromatic N) is 1. The Bertz CT molecular complexity index is 1230. The highest BCUT2D eigenvalue weighted by molar-refractivity contribution is 9.10. The Labute approximate surface area is 195 Å². The van der Waals surface area contributed by atoms with Crippen molar-refractivity contribution in [3.05, 3.63) is 75.9 Å². The molecule has 2 N–H and O–H groups in total. The molecule has 0 bridgehead atoms. The van der Waals surface area contributed by atoms with Gasteiger partial charge in [0.25, 0.3) is 5.91 Å². The molecular formula is C26H24BrN3O2. The van der Waals surface area contributed by atoms with Crippen molar-refractivity contribution in [2.45, 2.75) is 44.4 Å². The third-order valence-corrected chi connectivity index (χ3v) is 7.13. The van der Waals surface area contributed by atoms with Crippen LogP contribution >= 0.6 is 15.9 Å². The molecule has 5 rings (SSSR count). The molecule has 0 radical (unpaired) electrons. The first-order valence-electron chi connectivity index (χ1n) is 11.0. The summed E-state index contributed by atoms with van der Waals surface area (Å²) in [6, 6.07) is 17.3. The van der Waals surface area contributed by atoms with Crippen LogP contribution in [0.2, 0.25) is 0 Å². The van der Waals surface area contributed by atoms with Crippen LogP contribution in [0.4, 0.5) is 11.4 Å². The van der Waals surface area contributed by atoms with E-state index in [9.17, 15) is 9.59 Å². The number of fused-ring (bicyclic) bond motifs is 2. The topological polar surface area (TPSA) is 71.1 Å². The highest BCUT2D eigenvalue weighted by Gasteiger charge is 2.47. The van der Waals surface area contributed by atoms with E-state index >= 15 is 0 Å². The Morgan fingerprint density at radius 1 is 1.06 bits per heavy atom. The van der Waals surface area contributed by atoms with Crippen molar-refractivity contribution in [1.29, 1.82) is 0 Å². The fraction of sp³-hybridized carbons (Fsp3) is 0.269. The van der Waals surface area contributed by atoms with E-state index < -0.39 is 5.41 Å². The smallest absolute Gasteiger partial charge is 0.257 e. The molecule has 0 atom stereocenters. The van der Waals surface area contributed by atoms with Gasteiger partial charge in [-0.15, -0.1) is 0 Å². The van der Waals surface area contributed by atoms with Crippen LogP contribution in [0.15, 0.2) is 59.1 Å². The molecule has 2 heterocycles. The van der Waals surface area contributed by atoms with Gasteiger partial charge in [-0.05, 0) is 67.8 Å². The molecule has 2 aromatic carbocycles. The Morgan fingerprint density at radius 3 is 2.62 bits per heavy atom. The number of hydrogen-bond acceptors (Lipinski definition) is 3. The van der Waals surface area contributed by atoms with Crippen LogP contribution in [-0.4, -0.2) is 16.8 Å². The second-order valence-corrected chi connectivity index (χ2v) is 9.57. The highest BCUT2D eigenvalue weighted by Crippen LogP contribution is 2.48. The SMILES string of the molecule is Cc1nc(-c2cccc(Br)c2)ccc1C(=O)Nc1ccc2c(c1)C1(CCCCC1)C(=O)N2. The van der Waals surface area contributed by atoms with Crippen LogP contribution in [0.5, 0.6) is 0 Å². The van der Waals surface area contributed by atoms with E-state index in [4.69, 9.17) is 0 Å². The zero-order chi connectivity index (χ0) is 22.3. The molecule has 3 aromatic rings. The van der Waals surface area contributed by atoms with E-state index in [1.54, 1.807) is 0 Å². The van der Waals surface area contributed by atoms with Crippen molar-refractivity contribution in [3.8, 4) is 11.3 Å². The van der Waals surface area contributed by atoms with E-state index in [1.165, 1.54) is 6.42 Å². The van der Waals surface area contributed by atoms with Crippen LogP contribution in [0.1, 0.15) is 53.7 Å². The molecule has 162 valence electrons. The van der Waals surface area contributed by atoms with Gasteiger partial charge >= 0.3 is 0 Å². The van der Waals surface area contributed by atoms with Crippen LogP contribution in [0.25, 0.3) is 11.3 Å². The summed E-state index contributed by atoms with van der Waals surface area (Å²) in [4.78, 5) is 30.4. The molecule has 6 heteroatoms. The second kappa shape index (κ2) is 8.17. The number of amides is 2. The molecule has 5 nitrogen and oxygen atoms in total. The van der Waals surface area contributed by atoms with Crippen molar-refractivity contribution in [2.24, 2.45) is 0 Å². The number of aryl methyl sites for hydroxylation is 1. The fourth-order valence-corrected chi connectivity index (χ4v) is 5.35. The quantitative estimate of drug-likeness (QED) is 0.458. The van der Waals surface area contributed by atoms with Crippen molar-refractivity contribution in [1.82, 2.24) is 4.98 Å². The summed E-state index contributed by atoms with van der Waals surface area (Å²) in [7, 11) is 0. The lowest BCUT2D eigenvalue weighted by molar-refractivity contribution is -0.121. The van der Waals surface area contributed by atoms with Gasteiger partial charge in [-0.1, -0.05) is 47.3 Å². The third kappa shape index (κ3) is 3.62. The fourth-order valence-electron chi connectivity index (χ4n) is 4.95. The number of halogens is 1. The molecule has 1 aliphatic heterocycles. The predicted molar refractivity (Wildman–Crippen MR) is 130 cm³/mol. The summed E-state index contributed by atoms with van der Waals surface area (Å²) in [6.45, 7) is 1.85. The van der Waals surface area contributed by atoms with Gasteiger partial charge in [-0.3, -0.25) is 14.6 Å². The Morgan fingerprint density at radius 2 is 1.88 bits per heavy atom. The molecule has 2 amide bonds. The Kier molecular flexibility index (Phi) is 5.33. The Balaban J connectivity index is 1.40. The number of carbonyl (C=O) groups excluding carboxylic acids is 2. The number of hydrogen-bond donors (Lipinski definition) is 2. The van der Waals surface area contributed by atoms with E-state index in [0.717, 1.165) is 52.7 Å². The average molecular weight is 490 g/mol. The number of benzene rings is 2.